The number of nitriles is 1. The Morgan fingerprint density at radius 3 is 2.44 bits per heavy atom. The van der Waals surface area contributed by atoms with Gasteiger partial charge < -0.3 is 14.9 Å². The van der Waals surface area contributed by atoms with Crippen LogP contribution in [0.3, 0.4) is 0 Å². The number of hydrogen-bond acceptors (Lipinski definition) is 4. The van der Waals surface area contributed by atoms with Gasteiger partial charge in [-0.3, -0.25) is 4.79 Å². The third-order valence-corrected chi connectivity index (χ3v) is 6.89. The van der Waals surface area contributed by atoms with Crippen LogP contribution in [0.1, 0.15) is 34.3 Å². The van der Waals surface area contributed by atoms with E-state index < -0.39 is 11.7 Å². The molecule has 2 aliphatic heterocycles. The number of aliphatic hydroxyl groups excluding tert-OH is 1. The molecule has 8 heteroatoms. The van der Waals surface area contributed by atoms with Crippen molar-refractivity contribution in [1.82, 2.24) is 4.90 Å². The molecular weight excluding hydrogens is 419 g/mol. The number of halogens is 3. The number of anilines is 1. The van der Waals surface area contributed by atoms with Gasteiger partial charge in [-0.25, -0.2) is 0 Å². The zero-order valence-corrected chi connectivity index (χ0v) is 17.5. The molecule has 2 aromatic rings. The van der Waals surface area contributed by atoms with Gasteiger partial charge in [-0.15, -0.1) is 0 Å². The van der Waals surface area contributed by atoms with Crippen LogP contribution in [0.15, 0.2) is 48.5 Å². The molecule has 1 amide bonds. The normalized spacial score (nSPS) is 20.4. The zero-order valence-electron chi connectivity index (χ0n) is 17.5. The van der Waals surface area contributed by atoms with Gasteiger partial charge in [0.1, 0.15) is 0 Å². The Bertz CT molecular complexity index is 1030. The van der Waals surface area contributed by atoms with E-state index in [1.54, 1.807) is 29.2 Å². The number of alkyl halides is 3. The van der Waals surface area contributed by atoms with Gasteiger partial charge in [-0.2, -0.15) is 18.4 Å². The minimum absolute atomic E-state index is 0.0341. The summed E-state index contributed by atoms with van der Waals surface area (Å²) in [6, 6.07) is 14.4. The molecule has 1 N–H and O–H groups in total. The van der Waals surface area contributed by atoms with Crippen LogP contribution >= 0.6 is 0 Å². The van der Waals surface area contributed by atoms with Gasteiger partial charge in [-0.1, -0.05) is 18.2 Å². The molecule has 1 unspecified atom stereocenters. The lowest BCUT2D eigenvalue weighted by Crippen LogP contribution is -2.45. The molecule has 2 aliphatic rings. The van der Waals surface area contributed by atoms with Crippen LogP contribution in [0.4, 0.5) is 18.9 Å². The van der Waals surface area contributed by atoms with E-state index >= 15 is 0 Å². The number of benzene rings is 2. The van der Waals surface area contributed by atoms with Crippen molar-refractivity contribution >= 4 is 11.6 Å². The van der Waals surface area contributed by atoms with Crippen LogP contribution in [-0.2, 0) is 6.18 Å². The summed E-state index contributed by atoms with van der Waals surface area (Å²) in [5.41, 5.74) is -0.528. The molecule has 1 spiro atoms. The second kappa shape index (κ2) is 8.47. The summed E-state index contributed by atoms with van der Waals surface area (Å²) >= 11 is 0. The molecule has 0 radical (unpaired) electrons. The summed E-state index contributed by atoms with van der Waals surface area (Å²) < 4.78 is 40.0. The van der Waals surface area contributed by atoms with Crippen LogP contribution in [0, 0.1) is 22.7 Å². The van der Waals surface area contributed by atoms with E-state index in [0.29, 0.717) is 50.3 Å². The topological polar surface area (TPSA) is 67.6 Å². The number of likely N-dealkylation sites (tertiary alicyclic amines) is 1. The molecular formula is C24H24F3N3O2. The molecule has 4 rings (SSSR count). The van der Waals surface area contributed by atoms with Gasteiger partial charge in [0, 0.05) is 50.0 Å². The maximum atomic E-state index is 13.3. The first-order chi connectivity index (χ1) is 15.3. The van der Waals surface area contributed by atoms with Crippen molar-refractivity contribution in [3.63, 3.8) is 0 Å². The van der Waals surface area contributed by atoms with E-state index in [9.17, 15) is 23.1 Å². The Kier molecular flexibility index (Phi) is 5.87. The van der Waals surface area contributed by atoms with Crippen molar-refractivity contribution in [2.75, 3.05) is 37.7 Å². The lowest BCUT2D eigenvalue weighted by Gasteiger charge is -2.43. The fraction of sp³-hybridized carbons (Fsp3) is 0.417. The third-order valence-electron chi connectivity index (χ3n) is 6.89. The summed E-state index contributed by atoms with van der Waals surface area (Å²) in [5, 5.41) is 19.0. The molecule has 168 valence electrons. The van der Waals surface area contributed by atoms with Crippen LogP contribution in [0.2, 0.25) is 0 Å². The number of aliphatic hydroxyl groups is 1. The van der Waals surface area contributed by atoms with Crippen molar-refractivity contribution in [1.29, 1.82) is 5.26 Å². The SMILES string of the molecule is N#Cc1ccc(N2CCC3(CC2)CN(C(=O)c2ccccc2)CC3CO)cc1C(F)(F)F. The van der Waals surface area contributed by atoms with Crippen molar-refractivity contribution in [3.05, 3.63) is 65.2 Å². The first-order valence-corrected chi connectivity index (χ1v) is 10.6. The third kappa shape index (κ3) is 4.05. The summed E-state index contributed by atoms with van der Waals surface area (Å²) in [6.07, 6.45) is -3.26. The van der Waals surface area contributed by atoms with Gasteiger partial charge >= 0.3 is 6.18 Å². The molecule has 2 heterocycles. The van der Waals surface area contributed by atoms with Gasteiger partial charge in [-0.05, 0) is 48.6 Å². The molecule has 2 saturated heterocycles. The zero-order chi connectivity index (χ0) is 22.9. The predicted molar refractivity (Wildman–Crippen MR) is 113 cm³/mol. The summed E-state index contributed by atoms with van der Waals surface area (Å²) in [5.74, 6) is -0.130. The minimum atomic E-state index is -4.59. The Morgan fingerprint density at radius 2 is 1.84 bits per heavy atom. The summed E-state index contributed by atoms with van der Waals surface area (Å²) in [4.78, 5) is 16.6. The average molecular weight is 443 g/mol. The van der Waals surface area contributed by atoms with Crippen molar-refractivity contribution < 1.29 is 23.1 Å². The first-order valence-electron chi connectivity index (χ1n) is 10.6. The number of nitrogens with zero attached hydrogens (tertiary/aromatic N) is 3. The molecule has 0 bridgehead atoms. The Labute approximate surface area is 184 Å². The summed E-state index contributed by atoms with van der Waals surface area (Å²) in [6.45, 7) is 2.01. The van der Waals surface area contributed by atoms with Crippen molar-refractivity contribution in [2.45, 2.75) is 19.0 Å². The second-order valence-electron chi connectivity index (χ2n) is 8.62. The molecule has 32 heavy (non-hydrogen) atoms. The van der Waals surface area contributed by atoms with Gasteiger partial charge in [0.15, 0.2) is 0 Å². The maximum absolute atomic E-state index is 13.3. The number of carbonyl (C=O) groups excluding carboxylic acids is 1. The highest BCUT2D eigenvalue weighted by Crippen LogP contribution is 2.46. The monoisotopic (exact) mass is 443 g/mol. The fourth-order valence-electron chi connectivity index (χ4n) is 5.04. The highest BCUT2D eigenvalue weighted by atomic mass is 19.4. The number of carbonyl (C=O) groups is 1. The number of piperidine rings is 1. The molecule has 0 saturated carbocycles. The maximum Gasteiger partial charge on any atom is 0.417 e. The van der Waals surface area contributed by atoms with E-state index in [2.05, 4.69) is 0 Å². The Morgan fingerprint density at radius 1 is 1.16 bits per heavy atom. The largest absolute Gasteiger partial charge is 0.417 e. The van der Waals surface area contributed by atoms with E-state index in [-0.39, 0.29) is 29.4 Å². The van der Waals surface area contributed by atoms with Gasteiger partial charge in [0.05, 0.1) is 17.2 Å². The smallest absolute Gasteiger partial charge is 0.396 e. The number of rotatable bonds is 3. The molecule has 5 nitrogen and oxygen atoms in total. The quantitative estimate of drug-likeness (QED) is 0.781. The Hall–Kier alpha value is -3.05. The Balaban J connectivity index is 1.50. The van der Waals surface area contributed by atoms with E-state index in [1.165, 1.54) is 6.07 Å². The number of amides is 1. The summed E-state index contributed by atoms with van der Waals surface area (Å²) in [7, 11) is 0. The van der Waals surface area contributed by atoms with Crippen molar-refractivity contribution in [2.24, 2.45) is 11.3 Å². The molecule has 0 aliphatic carbocycles. The van der Waals surface area contributed by atoms with Crippen molar-refractivity contribution in [3.8, 4) is 6.07 Å². The molecule has 1 atom stereocenters. The van der Waals surface area contributed by atoms with Crippen LogP contribution < -0.4 is 4.90 Å². The van der Waals surface area contributed by atoms with E-state index in [4.69, 9.17) is 5.26 Å². The standard InChI is InChI=1S/C24H24F3N3O2/c25-24(26,27)21-12-20(7-6-18(21)13-28)29-10-8-23(9-11-29)16-30(14-19(23)15-31)22(32)17-4-2-1-3-5-17/h1-7,12,19,31H,8-11,14-16H2. The second-order valence-corrected chi connectivity index (χ2v) is 8.62. The molecule has 0 aromatic heterocycles. The minimum Gasteiger partial charge on any atom is -0.396 e. The highest BCUT2D eigenvalue weighted by Gasteiger charge is 2.49. The molecule has 2 fully saturated rings. The average Bonchev–Trinajstić information content (AvgIpc) is 3.16. The van der Waals surface area contributed by atoms with Crippen LogP contribution in [0.25, 0.3) is 0 Å². The van der Waals surface area contributed by atoms with Crippen LogP contribution in [-0.4, -0.2) is 48.7 Å². The first kappa shape index (κ1) is 22.2. The van der Waals surface area contributed by atoms with E-state index in [1.807, 2.05) is 23.1 Å². The lowest BCUT2D eigenvalue weighted by molar-refractivity contribution is -0.137. The highest BCUT2D eigenvalue weighted by molar-refractivity contribution is 5.94. The number of hydrogen-bond donors (Lipinski definition) is 1. The lowest BCUT2D eigenvalue weighted by atomic mass is 9.71. The predicted octanol–water partition coefficient (Wildman–Crippen LogP) is 3.93. The molecule has 2 aromatic carbocycles. The van der Waals surface area contributed by atoms with Crippen LogP contribution in [0.5, 0.6) is 0 Å². The van der Waals surface area contributed by atoms with Gasteiger partial charge in [0.2, 0.25) is 0 Å². The van der Waals surface area contributed by atoms with Gasteiger partial charge in [0.25, 0.3) is 5.91 Å². The van der Waals surface area contributed by atoms with E-state index in [0.717, 1.165) is 6.07 Å². The fourth-order valence-corrected chi connectivity index (χ4v) is 5.04.